The Kier molecular flexibility index (Phi) is 5.17. The minimum atomic E-state index is -0.138. The van der Waals surface area contributed by atoms with Gasteiger partial charge in [-0.1, -0.05) is 26.0 Å². The SMILES string of the molecule is CC(C)Cc1cccc(NC(=O)c2ccc(N3CCCC3=O)cc2)c1. The van der Waals surface area contributed by atoms with Crippen LogP contribution in [0.25, 0.3) is 0 Å². The lowest BCUT2D eigenvalue weighted by atomic mass is 10.0. The number of rotatable bonds is 5. The Labute approximate surface area is 148 Å². The summed E-state index contributed by atoms with van der Waals surface area (Å²) in [5.74, 6) is 0.590. The zero-order valence-electron chi connectivity index (χ0n) is 14.8. The molecular weight excluding hydrogens is 312 g/mol. The first kappa shape index (κ1) is 17.2. The van der Waals surface area contributed by atoms with Crippen LogP contribution < -0.4 is 10.2 Å². The van der Waals surface area contributed by atoms with Crippen LogP contribution in [0.3, 0.4) is 0 Å². The van der Waals surface area contributed by atoms with E-state index in [1.54, 1.807) is 17.0 Å². The van der Waals surface area contributed by atoms with E-state index in [-0.39, 0.29) is 11.8 Å². The van der Waals surface area contributed by atoms with E-state index >= 15 is 0 Å². The third-order valence-corrected chi connectivity index (χ3v) is 4.34. The second-order valence-electron chi connectivity index (χ2n) is 6.95. The molecule has 1 saturated heterocycles. The molecule has 0 unspecified atom stereocenters. The van der Waals surface area contributed by atoms with E-state index in [4.69, 9.17) is 0 Å². The summed E-state index contributed by atoms with van der Waals surface area (Å²) in [6.07, 6.45) is 2.49. The normalized spacial score (nSPS) is 14.2. The number of amides is 2. The molecule has 3 rings (SSSR count). The van der Waals surface area contributed by atoms with Gasteiger partial charge in [-0.3, -0.25) is 9.59 Å². The fourth-order valence-corrected chi connectivity index (χ4v) is 3.16. The summed E-state index contributed by atoms with van der Waals surface area (Å²) < 4.78 is 0. The first-order valence-corrected chi connectivity index (χ1v) is 8.83. The van der Waals surface area contributed by atoms with Gasteiger partial charge < -0.3 is 10.2 Å². The molecule has 0 atom stereocenters. The lowest BCUT2D eigenvalue weighted by molar-refractivity contribution is -0.117. The molecule has 0 aromatic heterocycles. The summed E-state index contributed by atoms with van der Waals surface area (Å²) >= 11 is 0. The molecule has 1 heterocycles. The Hall–Kier alpha value is -2.62. The highest BCUT2D eigenvalue weighted by Crippen LogP contribution is 2.22. The van der Waals surface area contributed by atoms with Crippen LogP contribution in [0.1, 0.15) is 42.6 Å². The Balaban J connectivity index is 1.68. The zero-order valence-corrected chi connectivity index (χ0v) is 14.8. The molecule has 0 radical (unpaired) electrons. The van der Waals surface area contributed by atoms with Gasteiger partial charge in [-0.2, -0.15) is 0 Å². The van der Waals surface area contributed by atoms with E-state index < -0.39 is 0 Å². The molecule has 0 spiro atoms. The fraction of sp³-hybridized carbons (Fsp3) is 0.333. The molecule has 1 aliphatic rings. The standard InChI is InChI=1S/C21H24N2O2/c1-15(2)13-16-5-3-6-18(14-16)22-21(25)17-8-10-19(11-9-17)23-12-4-7-20(23)24/h3,5-6,8-11,14-15H,4,7,12-13H2,1-2H3,(H,22,25). The largest absolute Gasteiger partial charge is 0.322 e. The van der Waals surface area contributed by atoms with Crippen molar-refractivity contribution in [1.82, 2.24) is 0 Å². The van der Waals surface area contributed by atoms with E-state index in [0.717, 1.165) is 30.8 Å². The van der Waals surface area contributed by atoms with Crippen LogP contribution in [0.2, 0.25) is 0 Å². The number of nitrogens with zero attached hydrogens (tertiary/aromatic N) is 1. The number of carbonyl (C=O) groups is 2. The van der Waals surface area contributed by atoms with Crippen molar-refractivity contribution < 1.29 is 9.59 Å². The minimum absolute atomic E-state index is 0.138. The maximum absolute atomic E-state index is 12.5. The molecule has 2 amide bonds. The summed E-state index contributed by atoms with van der Waals surface area (Å²) in [5, 5.41) is 2.95. The molecule has 4 heteroatoms. The Bertz CT molecular complexity index is 766. The quantitative estimate of drug-likeness (QED) is 0.887. The molecule has 4 nitrogen and oxygen atoms in total. The minimum Gasteiger partial charge on any atom is -0.322 e. The van der Waals surface area contributed by atoms with Gasteiger partial charge in [0.1, 0.15) is 0 Å². The monoisotopic (exact) mass is 336 g/mol. The van der Waals surface area contributed by atoms with Crippen molar-refractivity contribution in [3.8, 4) is 0 Å². The number of hydrogen-bond donors (Lipinski definition) is 1. The number of carbonyl (C=O) groups excluding carboxylic acids is 2. The van der Waals surface area contributed by atoms with Gasteiger partial charge in [0.2, 0.25) is 5.91 Å². The summed E-state index contributed by atoms with van der Waals surface area (Å²) in [4.78, 5) is 26.0. The van der Waals surface area contributed by atoms with E-state index in [0.29, 0.717) is 17.9 Å². The predicted molar refractivity (Wildman–Crippen MR) is 101 cm³/mol. The number of benzene rings is 2. The number of anilines is 2. The third-order valence-electron chi connectivity index (χ3n) is 4.34. The average Bonchev–Trinajstić information content (AvgIpc) is 3.01. The van der Waals surface area contributed by atoms with E-state index in [2.05, 4.69) is 25.2 Å². The second kappa shape index (κ2) is 7.51. The maximum atomic E-state index is 12.5. The van der Waals surface area contributed by atoms with Crippen LogP contribution in [0.4, 0.5) is 11.4 Å². The van der Waals surface area contributed by atoms with Gasteiger partial charge in [0.15, 0.2) is 0 Å². The van der Waals surface area contributed by atoms with Crippen molar-refractivity contribution in [3.05, 3.63) is 59.7 Å². The molecule has 2 aromatic rings. The predicted octanol–water partition coefficient (Wildman–Crippen LogP) is 4.26. The van der Waals surface area contributed by atoms with Crippen molar-refractivity contribution in [2.75, 3.05) is 16.8 Å². The number of nitrogens with one attached hydrogen (secondary N) is 1. The van der Waals surface area contributed by atoms with Crippen LogP contribution in [-0.2, 0) is 11.2 Å². The van der Waals surface area contributed by atoms with Crippen molar-refractivity contribution in [1.29, 1.82) is 0 Å². The van der Waals surface area contributed by atoms with Crippen LogP contribution >= 0.6 is 0 Å². The highest BCUT2D eigenvalue weighted by molar-refractivity contribution is 6.04. The van der Waals surface area contributed by atoms with E-state index in [9.17, 15) is 9.59 Å². The van der Waals surface area contributed by atoms with Gasteiger partial charge in [-0.05, 0) is 60.7 Å². The molecule has 1 aliphatic heterocycles. The number of hydrogen-bond acceptors (Lipinski definition) is 2. The molecule has 1 N–H and O–H groups in total. The van der Waals surface area contributed by atoms with Crippen molar-refractivity contribution in [2.24, 2.45) is 5.92 Å². The second-order valence-corrected chi connectivity index (χ2v) is 6.95. The van der Waals surface area contributed by atoms with Crippen LogP contribution in [0.15, 0.2) is 48.5 Å². The maximum Gasteiger partial charge on any atom is 0.255 e. The lowest BCUT2D eigenvalue weighted by Gasteiger charge is -2.16. The summed E-state index contributed by atoms with van der Waals surface area (Å²) in [7, 11) is 0. The highest BCUT2D eigenvalue weighted by Gasteiger charge is 2.21. The zero-order chi connectivity index (χ0) is 17.8. The molecule has 130 valence electrons. The van der Waals surface area contributed by atoms with Gasteiger partial charge in [0.05, 0.1) is 0 Å². The molecule has 25 heavy (non-hydrogen) atoms. The van der Waals surface area contributed by atoms with E-state index in [1.165, 1.54) is 5.56 Å². The summed E-state index contributed by atoms with van der Waals surface area (Å²) in [6, 6.07) is 15.2. The smallest absolute Gasteiger partial charge is 0.255 e. The van der Waals surface area contributed by atoms with Gasteiger partial charge in [-0.15, -0.1) is 0 Å². The Morgan fingerprint density at radius 2 is 1.92 bits per heavy atom. The molecular formula is C21H24N2O2. The third kappa shape index (κ3) is 4.27. The van der Waals surface area contributed by atoms with Crippen molar-refractivity contribution in [2.45, 2.75) is 33.1 Å². The first-order valence-electron chi connectivity index (χ1n) is 8.83. The molecule has 2 aromatic carbocycles. The van der Waals surface area contributed by atoms with Gasteiger partial charge in [-0.25, -0.2) is 0 Å². The average molecular weight is 336 g/mol. The van der Waals surface area contributed by atoms with Crippen molar-refractivity contribution >= 4 is 23.2 Å². The molecule has 0 saturated carbocycles. The van der Waals surface area contributed by atoms with Crippen molar-refractivity contribution in [3.63, 3.8) is 0 Å². The first-order chi connectivity index (χ1) is 12.0. The van der Waals surface area contributed by atoms with Crippen LogP contribution in [0.5, 0.6) is 0 Å². The summed E-state index contributed by atoms with van der Waals surface area (Å²) in [6.45, 7) is 5.11. The Morgan fingerprint density at radius 3 is 2.56 bits per heavy atom. The van der Waals surface area contributed by atoms with Crippen LogP contribution in [-0.4, -0.2) is 18.4 Å². The molecule has 1 fully saturated rings. The molecule has 0 aliphatic carbocycles. The van der Waals surface area contributed by atoms with Gasteiger partial charge in [0, 0.05) is 29.9 Å². The van der Waals surface area contributed by atoms with Crippen LogP contribution in [0, 0.1) is 5.92 Å². The fourth-order valence-electron chi connectivity index (χ4n) is 3.16. The topological polar surface area (TPSA) is 49.4 Å². The Morgan fingerprint density at radius 1 is 1.16 bits per heavy atom. The summed E-state index contributed by atoms with van der Waals surface area (Å²) in [5.41, 5.74) is 3.47. The van der Waals surface area contributed by atoms with Gasteiger partial charge >= 0.3 is 0 Å². The highest BCUT2D eigenvalue weighted by atomic mass is 16.2. The van der Waals surface area contributed by atoms with E-state index in [1.807, 2.05) is 30.3 Å². The van der Waals surface area contributed by atoms with Gasteiger partial charge in [0.25, 0.3) is 5.91 Å². The molecule has 0 bridgehead atoms. The lowest BCUT2D eigenvalue weighted by Crippen LogP contribution is -2.23.